The molecule has 1 heterocycles. The van der Waals surface area contributed by atoms with E-state index in [-0.39, 0.29) is 0 Å². The SMILES string of the molecule is Cc1ccccc1CCc1nnc(CBr)n1C1CC1. The molecule has 0 aliphatic heterocycles. The van der Waals surface area contributed by atoms with E-state index in [1.54, 1.807) is 0 Å². The molecule has 0 spiro atoms. The van der Waals surface area contributed by atoms with Gasteiger partial charge in [0.25, 0.3) is 0 Å². The lowest BCUT2D eigenvalue weighted by Gasteiger charge is -2.08. The van der Waals surface area contributed by atoms with Crippen molar-refractivity contribution in [2.45, 2.75) is 44.0 Å². The van der Waals surface area contributed by atoms with Crippen LogP contribution in [0.25, 0.3) is 0 Å². The fraction of sp³-hybridized carbons (Fsp3) is 0.467. The second kappa shape index (κ2) is 5.45. The Labute approximate surface area is 122 Å². The topological polar surface area (TPSA) is 30.7 Å². The van der Waals surface area contributed by atoms with Gasteiger partial charge in [-0.1, -0.05) is 40.2 Å². The molecule has 1 aliphatic carbocycles. The Morgan fingerprint density at radius 2 is 1.89 bits per heavy atom. The van der Waals surface area contributed by atoms with E-state index >= 15 is 0 Å². The summed E-state index contributed by atoms with van der Waals surface area (Å²) in [5.74, 6) is 2.21. The molecule has 0 atom stereocenters. The lowest BCUT2D eigenvalue weighted by molar-refractivity contribution is 0.654. The Hall–Kier alpha value is -1.16. The standard InChI is InChI=1S/C15H18BrN3/c1-11-4-2-3-5-12(11)6-9-14-17-18-15(10-16)19(14)13-7-8-13/h2-5,13H,6-10H2,1H3. The second-order valence-corrected chi connectivity index (χ2v) is 5.75. The highest BCUT2D eigenvalue weighted by Gasteiger charge is 2.28. The number of hydrogen-bond acceptors (Lipinski definition) is 2. The van der Waals surface area contributed by atoms with Crippen LogP contribution in [0.2, 0.25) is 0 Å². The number of benzene rings is 1. The Morgan fingerprint density at radius 3 is 2.58 bits per heavy atom. The summed E-state index contributed by atoms with van der Waals surface area (Å²) in [6.45, 7) is 2.17. The predicted octanol–water partition coefficient (Wildman–Crippen LogP) is 3.60. The summed E-state index contributed by atoms with van der Waals surface area (Å²) in [4.78, 5) is 0. The number of nitrogens with zero attached hydrogens (tertiary/aromatic N) is 3. The predicted molar refractivity (Wildman–Crippen MR) is 79.5 cm³/mol. The number of halogens is 1. The number of hydrogen-bond donors (Lipinski definition) is 0. The van der Waals surface area contributed by atoms with Gasteiger partial charge in [-0.05, 0) is 37.3 Å². The van der Waals surface area contributed by atoms with Gasteiger partial charge in [0.15, 0.2) is 0 Å². The van der Waals surface area contributed by atoms with Crippen LogP contribution in [0.1, 0.15) is 41.7 Å². The molecule has 4 heteroatoms. The van der Waals surface area contributed by atoms with Gasteiger partial charge in [0.05, 0.1) is 5.33 Å². The first-order chi connectivity index (χ1) is 9.29. The summed E-state index contributed by atoms with van der Waals surface area (Å²) >= 11 is 3.50. The molecule has 1 fully saturated rings. The van der Waals surface area contributed by atoms with E-state index in [4.69, 9.17) is 0 Å². The van der Waals surface area contributed by atoms with E-state index in [2.05, 4.69) is 61.9 Å². The van der Waals surface area contributed by atoms with Crippen molar-refractivity contribution in [3.8, 4) is 0 Å². The van der Waals surface area contributed by atoms with Crippen molar-refractivity contribution in [3.05, 3.63) is 47.0 Å². The molecule has 0 N–H and O–H groups in total. The van der Waals surface area contributed by atoms with Crippen molar-refractivity contribution in [2.24, 2.45) is 0 Å². The molecular weight excluding hydrogens is 302 g/mol. The van der Waals surface area contributed by atoms with Crippen molar-refractivity contribution >= 4 is 15.9 Å². The molecule has 3 nitrogen and oxygen atoms in total. The Morgan fingerprint density at radius 1 is 1.16 bits per heavy atom. The van der Waals surface area contributed by atoms with Crippen LogP contribution in [0.3, 0.4) is 0 Å². The van der Waals surface area contributed by atoms with Crippen molar-refractivity contribution in [1.29, 1.82) is 0 Å². The zero-order chi connectivity index (χ0) is 13.2. The molecule has 19 heavy (non-hydrogen) atoms. The van der Waals surface area contributed by atoms with Crippen LogP contribution in [-0.2, 0) is 18.2 Å². The minimum atomic E-state index is 0.648. The molecule has 3 rings (SSSR count). The number of aryl methyl sites for hydroxylation is 3. The van der Waals surface area contributed by atoms with Crippen molar-refractivity contribution in [2.75, 3.05) is 0 Å². The van der Waals surface area contributed by atoms with E-state index in [0.29, 0.717) is 6.04 Å². The molecule has 100 valence electrons. The highest BCUT2D eigenvalue weighted by molar-refractivity contribution is 9.08. The first-order valence-electron chi connectivity index (χ1n) is 6.82. The normalized spacial score (nSPS) is 14.8. The smallest absolute Gasteiger partial charge is 0.143 e. The van der Waals surface area contributed by atoms with Crippen molar-refractivity contribution in [3.63, 3.8) is 0 Å². The largest absolute Gasteiger partial charge is 0.311 e. The highest BCUT2D eigenvalue weighted by atomic mass is 79.9. The Bertz CT molecular complexity index is 573. The fourth-order valence-electron chi connectivity index (χ4n) is 2.51. The molecule has 0 unspecified atom stereocenters. The zero-order valence-corrected chi connectivity index (χ0v) is 12.7. The zero-order valence-electron chi connectivity index (χ0n) is 11.1. The summed E-state index contributed by atoms with van der Waals surface area (Å²) in [5.41, 5.74) is 2.77. The average molecular weight is 320 g/mol. The number of aromatic nitrogens is 3. The van der Waals surface area contributed by atoms with Crippen LogP contribution in [0, 0.1) is 6.92 Å². The van der Waals surface area contributed by atoms with Crippen LogP contribution >= 0.6 is 15.9 Å². The molecule has 1 aromatic carbocycles. The maximum Gasteiger partial charge on any atom is 0.143 e. The van der Waals surface area contributed by atoms with E-state index in [0.717, 1.165) is 29.8 Å². The summed E-state index contributed by atoms with van der Waals surface area (Å²) in [6.07, 6.45) is 4.56. The van der Waals surface area contributed by atoms with Gasteiger partial charge in [0.2, 0.25) is 0 Å². The second-order valence-electron chi connectivity index (χ2n) is 5.19. The Kier molecular flexibility index (Phi) is 3.69. The molecular formula is C15H18BrN3. The van der Waals surface area contributed by atoms with Gasteiger partial charge in [-0.25, -0.2) is 0 Å². The van der Waals surface area contributed by atoms with Crippen LogP contribution in [0.4, 0.5) is 0 Å². The minimum Gasteiger partial charge on any atom is -0.311 e. The van der Waals surface area contributed by atoms with Gasteiger partial charge in [-0.2, -0.15) is 0 Å². The average Bonchev–Trinajstić information content (AvgIpc) is 3.18. The van der Waals surface area contributed by atoms with E-state index in [1.165, 1.54) is 24.0 Å². The van der Waals surface area contributed by atoms with Crippen LogP contribution in [0.5, 0.6) is 0 Å². The fourth-order valence-corrected chi connectivity index (χ4v) is 2.90. The van der Waals surface area contributed by atoms with Crippen LogP contribution in [0.15, 0.2) is 24.3 Å². The monoisotopic (exact) mass is 319 g/mol. The number of rotatable bonds is 5. The third-order valence-electron chi connectivity index (χ3n) is 3.75. The summed E-state index contributed by atoms with van der Waals surface area (Å²) in [5, 5.41) is 9.47. The number of alkyl halides is 1. The minimum absolute atomic E-state index is 0.648. The lowest BCUT2D eigenvalue weighted by Crippen LogP contribution is -2.06. The summed E-state index contributed by atoms with van der Waals surface area (Å²) in [6, 6.07) is 9.23. The van der Waals surface area contributed by atoms with Gasteiger partial charge in [0.1, 0.15) is 11.6 Å². The van der Waals surface area contributed by atoms with E-state index in [9.17, 15) is 0 Å². The summed E-state index contributed by atoms with van der Waals surface area (Å²) < 4.78 is 2.34. The molecule has 0 radical (unpaired) electrons. The molecule has 0 amide bonds. The quantitative estimate of drug-likeness (QED) is 0.788. The molecule has 0 saturated heterocycles. The molecule has 2 aromatic rings. The van der Waals surface area contributed by atoms with Crippen molar-refractivity contribution < 1.29 is 0 Å². The molecule has 0 bridgehead atoms. The van der Waals surface area contributed by atoms with Gasteiger partial charge in [-0.15, -0.1) is 10.2 Å². The van der Waals surface area contributed by atoms with Crippen LogP contribution in [-0.4, -0.2) is 14.8 Å². The molecule has 1 saturated carbocycles. The first kappa shape index (κ1) is 12.9. The lowest BCUT2D eigenvalue weighted by atomic mass is 10.0. The maximum atomic E-state index is 4.38. The molecule has 1 aromatic heterocycles. The third-order valence-corrected chi connectivity index (χ3v) is 4.25. The van der Waals surface area contributed by atoms with Gasteiger partial charge >= 0.3 is 0 Å². The van der Waals surface area contributed by atoms with Crippen LogP contribution < -0.4 is 0 Å². The Balaban J connectivity index is 1.77. The van der Waals surface area contributed by atoms with E-state index < -0.39 is 0 Å². The summed E-state index contributed by atoms with van der Waals surface area (Å²) in [7, 11) is 0. The van der Waals surface area contributed by atoms with E-state index in [1.807, 2.05) is 0 Å². The van der Waals surface area contributed by atoms with Gasteiger partial charge in [0, 0.05) is 12.5 Å². The maximum absolute atomic E-state index is 4.38. The van der Waals surface area contributed by atoms with Crippen molar-refractivity contribution in [1.82, 2.24) is 14.8 Å². The molecule has 1 aliphatic rings. The third kappa shape index (κ3) is 2.73. The highest BCUT2D eigenvalue weighted by Crippen LogP contribution is 2.37. The first-order valence-corrected chi connectivity index (χ1v) is 7.95. The van der Waals surface area contributed by atoms with Gasteiger partial charge < -0.3 is 4.57 Å². The van der Waals surface area contributed by atoms with Gasteiger partial charge in [-0.3, -0.25) is 0 Å².